The molecule has 98 valence electrons. The Balaban J connectivity index is 2.55. The summed E-state index contributed by atoms with van der Waals surface area (Å²) in [7, 11) is 0. The number of aliphatic carboxylic acids is 1. The van der Waals surface area contributed by atoms with E-state index in [4.69, 9.17) is 9.84 Å². The molecule has 18 heavy (non-hydrogen) atoms. The molecule has 0 saturated heterocycles. The number of carboxylic acids is 1. The van der Waals surface area contributed by atoms with E-state index in [-0.39, 0.29) is 13.0 Å². The summed E-state index contributed by atoms with van der Waals surface area (Å²) in [6.07, 6.45) is 0.998. The molecule has 1 N–H and O–H groups in total. The lowest BCUT2D eigenvalue weighted by Gasteiger charge is -2.13. The lowest BCUT2D eigenvalue weighted by Crippen LogP contribution is -2.21. The molecular weight excluding hydrogens is 232 g/mol. The first-order valence-corrected chi connectivity index (χ1v) is 6.05. The second kappa shape index (κ2) is 7.48. The summed E-state index contributed by atoms with van der Waals surface area (Å²) in [4.78, 5) is 22.3. The monoisotopic (exact) mass is 250 g/mol. The minimum absolute atomic E-state index is 0.175. The van der Waals surface area contributed by atoms with Gasteiger partial charge >= 0.3 is 11.9 Å². The molecule has 0 amide bonds. The molecule has 4 heteroatoms. The van der Waals surface area contributed by atoms with Crippen LogP contribution in [0, 0.1) is 5.92 Å². The summed E-state index contributed by atoms with van der Waals surface area (Å²) in [6, 6.07) is 9.69. The summed E-state index contributed by atoms with van der Waals surface area (Å²) < 4.78 is 4.89. The molecule has 0 bridgehead atoms. The molecule has 1 atom stereocenters. The third-order valence-corrected chi connectivity index (χ3v) is 2.67. The van der Waals surface area contributed by atoms with E-state index in [9.17, 15) is 9.59 Å². The fraction of sp³-hybridized carbons (Fsp3) is 0.429. The van der Waals surface area contributed by atoms with Gasteiger partial charge in [0.2, 0.25) is 0 Å². The summed E-state index contributed by atoms with van der Waals surface area (Å²) in [5.74, 6) is -1.96. The van der Waals surface area contributed by atoms with Crippen LogP contribution in [0.15, 0.2) is 30.3 Å². The zero-order valence-electron chi connectivity index (χ0n) is 10.5. The van der Waals surface area contributed by atoms with Crippen molar-refractivity contribution in [3.63, 3.8) is 0 Å². The Labute approximate surface area is 107 Å². The number of hydrogen-bond donors (Lipinski definition) is 1. The van der Waals surface area contributed by atoms with Gasteiger partial charge in [-0.15, -0.1) is 0 Å². The van der Waals surface area contributed by atoms with Crippen LogP contribution in [0.1, 0.15) is 25.3 Å². The van der Waals surface area contributed by atoms with E-state index in [1.807, 2.05) is 30.3 Å². The van der Waals surface area contributed by atoms with E-state index >= 15 is 0 Å². The predicted octanol–water partition coefficient (Wildman–Crippen LogP) is 2.27. The predicted molar refractivity (Wildman–Crippen MR) is 67.1 cm³/mol. The Morgan fingerprint density at radius 1 is 1.28 bits per heavy atom. The van der Waals surface area contributed by atoms with Gasteiger partial charge < -0.3 is 9.84 Å². The minimum Gasteiger partial charge on any atom is -0.481 e. The minimum atomic E-state index is -0.971. The molecule has 0 spiro atoms. The van der Waals surface area contributed by atoms with E-state index < -0.39 is 17.9 Å². The van der Waals surface area contributed by atoms with Crippen LogP contribution in [0.4, 0.5) is 0 Å². The maximum Gasteiger partial charge on any atom is 0.309 e. The maximum atomic E-state index is 11.6. The normalized spacial score (nSPS) is 11.8. The van der Waals surface area contributed by atoms with Crippen molar-refractivity contribution in [1.82, 2.24) is 0 Å². The standard InChI is InChI=1S/C14H18O4/c1-2-18-14(17)12(10-13(15)16)9-8-11-6-4-3-5-7-11/h3-7,12H,2,8-10H2,1H3,(H,15,16)/t12-/m1/s1. The lowest BCUT2D eigenvalue weighted by atomic mass is 9.96. The van der Waals surface area contributed by atoms with Crippen LogP contribution >= 0.6 is 0 Å². The molecule has 0 heterocycles. The van der Waals surface area contributed by atoms with Crippen LogP contribution in [0.2, 0.25) is 0 Å². The van der Waals surface area contributed by atoms with E-state index in [1.165, 1.54) is 0 Å². The Bertz CT molecular complexity index is 386. The summed E-state index contributed by atoms with van der Waals surface area (Å²) in [5.41, 5.74) is 1.09. The van der Waals surface area contributed by atoms with Crippen LogP contribution < -0.4 is 0 Å². The smallest absolute Gasteiger partial charge is 0.309 e. The molecule has 0 aliphatic rings. The van der Waals surface area contributed by atoms with Gasteiger partial charge in [-0.1, -0.05) is 30.3 Å². The highest BCUT2D eigenvalue weighted by molar-refractivity contribution is 5.79. The van der Waals surface area contributed by atoms with Crippen molar-refractivity contribution in [2.24, 2.45) is 5.92 Å². The van der Waals surface area contributed by atoms with Crippen LogP contribution in [0.25, 0.3) is 0 Å². The van der Waals surface area contributed by atoms with Gasteiger partial charge in [-0.05, 0) is 25.3 Å². The van der Waals surface area contributed by atoms with E-state index in [1.54, 1.807) is 6.92 Å². The van der Waals surface area contributed by atoms with Crippen LogP contribution in [0.5, 0.6) is 0 Å². The van der Waals surface area contributed by atoms with Gasteiger partial charge in [0.1, 0.15) is 0 Å². The molecule has 0 unspecified atom stereocenters. The summed E-state index contributed by atoms with van der Waals surface area (Å²) in [5, 5.41) is 8.79. The Kier molecular flexibility index (Phi) is 5.91. The number of carbonyl (C=O) groups is 2. The third kappa shape index (κ3) is 4.99. The quantitative estimate of drug-likeness (QED) is 0.754. The Morgan fingerprint density at radius 3 is 2.50 bits per heavy atom. The number of rotatable bonds is 7. The second-order valence-corrected chi connectivity index (χ2v) is 4.07. The van der Waals surface area contributed by atoms with Gasteiger partial charge in [0.25, 0.3) is 0 Å². The second-order valence-electron chi connectivity index (χ2n) is 4.07. The van der Waals surface area contributed by atoms with Crippen LogP contribution in [0.3, 0.4) is 0 Å². The van der Waals surface area contributed by atoms with Crippen molar-refractivity contribution in [2.75, 3.05) is 6.61 Å². The van der Waals surface area contributed by atoms with Crippen molar-refractivity contribution in [3.05, 3.63) is 35.9 Å². The summed E-state index contributed by atoms with van der Waals surface area (Å²) in [6.45, 7) is 1.99. The van der Waals surface area contributed by atoms with Crippen molar-refractivity contribution in [2.45, 2.75) is 26.2 Å². The number of ether oxygens (including phenoxy) is 1. The van der Waals surface area contributed by atoms with Crippen molar-refractivity contribution < 1.29 is 19.4 Å². The average Bonchev–Trinajstić information content (AvgIpc) is 2.35. The molecule has 1 aromatic carbocycles. The average molecular weight is 250 g/mol. The molecule has 4 nitrogen and oxygen atoms in total. The van der Waals surface area contributed by atoms with Crippen molar-refractivity contribution in [3.8, 4) is 0 Å². The van der Waals surface area contributed by atoms with Gasteiger partial charge in [-0.3, -0.25) is 9.59 Å². The van der Waals surface area contributed by atoms with Crippen LogP contribution in [-0.2, 0) is 20.7 Å². The fourth-order valence-corrected chi connectivity index (χ4v) is 1.76. The first kappa shape index (κ1) is 14.2. The van der Waals surface area contributed by atoms with Gasteiger partial charge in [0.05, 0.1) is 18.9 Å². The van der Waals surface area contributed by atoms with E-state index in [0.29, 0.717) is 12.8 Å². The zero-order valence-corrected chi connectivity index (χ0v) is 10.5. The SMILES string of the molecule is CCOC(=O)[C@H](CCc1ccccc1)CC(=O)O. The Morgan fingerprint density at radius 2 is 1.94 bits per heavy atom. The van der Waals surface area contributed by atoms with Gasteiger partial charge in [0.15, 0.2) is 0 Å². The third-order valence-electron chi connectivity index (χ3n) is 2.67. The molecule has 0 aliphatic carbocycles. The number of hydrogen-bond acceptors (Lipinski definition) is 3. The molecule has 0 radical (unpaired) electrons. The highest BCUT2D eigenvalue weighted by atomic mass is 16.5. The van der Waals surface area contributed by atoms with Crippen LogP contribution in [-0.4, -0.2) is 23.7 Å². The van der Waals surface area contributed by atoms with Gasteiger partial charge in [-0.2, -0.15) is 0 Å². The number of aryl methyl sites for hydroxylation is 1. The molecule has 0 aliphatic heterocycles. The topological polar surface area (TPSA) is 63.6 Å². The number of benzene rings is 1. The Hall–Kier alpha value is -1.84. The molecule has 0 saturated carbocycles. The molecular formula is C14H18O4. The van der Waals surface area contributed by atoms with Crippen molar-refractivity contribution in [1.29, 1.82) is 0 Å². The fourth-order valence-electron chi connectivity index (χ4n) is 1.76. The lowest BCUT2D eigenvalue weighted by molar-refractivity contribution is -0.152. The van der Waals surface area contributed by atoms with Crippen molar-refractivity contribution >= 4 is 11.9 Å². The largest absolute Gasteiger partial charge is 0.481 e. The first-order valence-electron chi connectivity index (χ1n) is 6.05. The number of carboxylic acid groups (broad SMARTS) is 1. The highest BCUT2D eigenvalue weighted by Gasteiger charge is 2.22. The zero-order chi connectivity index (χ0) is 13.4. The maximum absolute atomic E-state index is 11.6. The number of esters is 1. The highest BCUT2D eigenvalue weighted by Crippen LogP contribution is 2.15. The number of carbonyl (C=O) groups excluding carboxylic acids is 1. The molecule has 1 aromatic rings. The molecule has 1 rings (SSSR count). The van der Waals surface area contributed by atoms with E-state index in [2.05, 4.69) is 0 Å². The molecule has 0 aromatic heterocycles. The van der Waals surface area contributed by atoms with Gasteiger partial charge in [-0.25, -0.2) is 0 Å². The summed E-state index contributed by atoms with van der Waals surface area (Å²) >= 11 is 0. The molecule has 0 fully saturated rings. The van der Waals surface area contributed by atoms with E-state index in [0.717, 1.165) is 5.56 Å². The van der Waals surface area contributed by atoms with Gasteiger partial charge in [0, 0.05) is 0 Å². The first-order chi connectivity index (χ1) is 8.63.